The number of carbonyl (C=O) groups excluding carboxylic acids is 1. The van der Waals surface area contributed by atoms with E-state index in [1.165, 1.54) is 23.5 Å². The van der Waals surface area contributed by atoms with E-state index in [2.05, 4.69) is 15.4 Å². The Kier molecular flexibility index (Phi) is 4.87. The van der Waals surface area contributed by atoms with Gasteiger partial charge >= 0.3 is 0 Å². The maximum Gasteiger partial charge on any atom is 0.251 e. The van der Waals surface area contributed by atoms with Crippen LogP contribution >= 0.6 is 22.9 Å². The molecule has 4 rings (SSSR count). The van der Waals surface area contributed by atoms with Crippen LogP contribution in [0.5, 0.6) is 0 Å². The first-order valence-electron chi connectivity index (χ1n) is 8.23. The largest absolute Gasteiger partial charge is 0.352 e. The van der Waals surface area contributed by atoms with E-state index in [0.29, 0.717) is 34.9 Å². The number of carbonyl (C=O) groups is 1. The van der Waals surface area contributed by atoms with Gasteiger partial charge in [0.15, 0.2) is 5.82 Å². The summed E-state index contributed by atoms with van der Waals surface area (Å²) in [5, 5.41) is 9.90. The van der Waals surface area contributed by atoms with E-state index in [4.69, 9.17) is 11.6 Å². The van der Waals surface area contributed by atoms with Gasteiger partial charge in [-0.15, -0.1) is 16.4 Å². The lowest BCUT2D eigenvalue weighted by Crippen LogP contribution is -2.25. The van der Waals surface area contributed by atoms with Gasteiger partial charge in [0.1, 0.15) is 5.82 Å². The SMILES string of the molecule is O=C(NCCc1csc2nc(-c3cccc(F)c3)nn12)c1ccc(Cl)cc1. The Morgan fingerprint density at radius 3 is 2.81 bits per heavy atom. The van der Waals surface area contributed by atoms with Gasteiger partial charge in [-0.05, 0) is 36.4 Å². The van der Waals surface area contributed by atoms with E-state index < -0.39 is 0 Å². The first kappa shape index (κ1) is 17.6. The molecule has 1 amide bonds. The van der Waals surface area contributed by atoms with Gasteiger partial charge in [-0.2, -0.15) is 4.98 Å². The number of fused-ring (bicyclic) bond motifs is 1. The maximum absolute atomic E-state index is 13.4. The van der Waals surface area contributed by atoms with E-state index in [1.807, 2.05) is 5.38 Å². The lowest BCUT2D eigenvalue weighted by Gasteiger charge is -2.04. The minimum atomic E-state index is -0.323. The van der Waals surface area contributed by atoms with Crippen LogP contribution in [0, 0.1) is 5.82 Å². The summed E-state index contributed by atoms with van der Waals surface area (Å²) >= 11 is 7.29. The molecule has 0 unspecified atom stereocenters. The summed E-state index contributed by atoms with van der Waals surface area (Å²) in [4.78, 5) is 17.3. The van der Waals surface area contributed by atoms with Gasteiger partial charge in [-0.3, -0.25) is 4.79 Å². The fraction of sp³-hybridized carbons (Fsp3) is 0.105. The summed E-state index contributed by atoms with van der Waals surface area (Å²) in [5.74, 6) is 0.000713. The van der Waals surface area contributed by atoms with E-state index in [9.17, 15) is 9.18 Å². The van der Waals surface area contributed by atoms with Crippen molar-refractivity contribution in [3.05, 3.63) is 76.0 Å². The molecule has 136 valence electrons. The fourth-order valence-electron chi connectivity index (χ4n) is 2.65. The van der Waals surface area contributed by atoms with Crippen LogP contribution in [0.3, 0.4) is 0 Å². The highest BCUT2D eigenvalue weighted by Gasteiger charge is 2.12. The van der Waals surface area contributed by atoms with Gasteiger partial charge < -0.3 is 5.32 Å². The van der Waals surface area contributed by atoms with Crippen LogP contribution in [-0.2, 0) is 6.42 Å². The average Bonchev–Trinajstić information content (AvgIpc) is 3.24. The van der Waals surface area contributed by atoms with Gasteiger partial charge in [0, 0.05) is 34.5 Å². The summed E-state index contributed by atoms with van der Waals surface area (Å²) in [6.07, 6.45) is 0.602. The zero-order chi connectivity index (χ0) is 18.8. The highest BCUT2D eigenvalue weighted by molar-refractivity contribution is 7.15. The van der Waals surface area contributed by atoms with Crippen molar-refractivity contribution in [2.24, 2.45) is 0 Å². The number of halogens is 2. The molecule has 0 aliphatic carbocycles. The highest BCUT2D eigenvalue weighted by atomic mass is 35.5. The molecule has 0 spiro atoms. The molecule has 0 radical (unpaired) electrons. The van der Waals surface area contributed by atoms with Crippen molar-refractivity contribution in [2.75, 3.05) is 6.54 Å². The normalized spacial score (nSPS) is 11.0. The van der Waals surface area contributed by atoms with Gasteiger partial charge in [0.2, 0.25) is 4.96 Å². The second-order valence-electron chi connectivity index (χ2n) is 5.88. The molecule has 4 aromatic rings. The van der Waals surface area contributed by atoms with E-state index in [-0.39, 0.29) is 11.7 Å². The highest BCUT2D eigenvalue weighted by Crippen LogP contribution is 2.21. The van der Waals surface area contributed by atoms with Crippen LogP contribution in [-0.4, -0.2) is 27.0 Å². The van der Waals surface area contributed by atoms with E-state index in [0.717, 1.165) is 10.7 Å². The quantitative estimate of drug-likeness (QED) is 0.545. The summed E-state index contributed by atoms with van der Waals surface area (Å²) in [5.41, 5.74) is 2.12. The van der Waals surface area contributed by atoms with Crippen LogP contribution in [0.4, 0.5) is 4.39 Å². The summed E-state index contributed by atoms with van der Waals surface area (Å²) in [6.45, 7) is 0.461. The number of hydrogen-bond acceptors (Lipinski definition) is 4. The molecule has 0 fully saturated rings. The molecular weight excluding hydrogens is 387 g/mol. The monoisotopic (exact) mass is 400 g/mol. The van der Waals surface area contributed by atoms with E-state index in [1.54, 1.807) is 40.9 Å². The van der Waals surface area contributed by atoms with Gasteiger partial charge in [0.25, 0.3) is 5.91 Å². The molecule has 0 saturated carbocycles. The van der Waals surface area contributed by atoms with E-state index >= 15 is 0 Å². The van der Waals surface area contributed by atoms with Crippen LogP contribution < -0.4 is 5.32 Å². The third-order valence-corrected chi connectivity index (χ3v) is 5.12. The van der Waals surface area contributed by atoms with Crippen molar-refractivity contribution in [3.63, 3.8) is 0 Å². The number of nitrogens with one attached hydrogen (secondary N) is 1. The molecule has 2 aromatic carbocycles. The zero-order valence-corrected chi connectivity index (χ0v) is 15.6. The minimum Gasteiger partial charge on any atom is -0.352 e. The number of amides is 1. The molecule has 5 nitrogen and oxygen atoms in total. The first-order valence-corrected chi connectivity index (χ1v) is 9.49. The Hall–Kier alpha value is -2.77. The molecule has 0 bridgehead atoms. The summed E-state index contributed by atoms with van der Waals surface area (Å²) < 4.78 is 15.1. The standard InChI is InChI=1S/C19H14ClFN4OS/c20-14-6-4-12(5-7-14)18(26)22-9-8-16-11-27-19-23-17(24-25(16)19)13-2-1-3-15(21)10-13/h1-7,10-11H,8-9H2,(H,22,26). The Balaban J connectivity index is 1.45. The second kappa shape index (κ2) is 7.46. The number of benzene rings is 2. The van der Waals surface area contributed by atoms with Crippen molar-refractivity contribution in [3.8, 4) is 11.4 Å². The average molecular weight is 401 g/mol. The number of rotatable bonds is 5. The van der Waals surface area contributed by atoms with Crippen LogP contribution in [0.1, 0.15) is 16.1 Å². The van der Waals surface area contributed by atoms with Crippen LogP contribution in [0.2, 0.25) is 5.02 Å². The molecule has 27 heavy (non-hydrogen) atoms. The summed E-state index contributed by atoms with van der Waals surface area (Å²) in [6, 6.07) is 12.9. The van der Waals surface area contributed by atoms with Crippen LogP contribution in [0.15, 0.2) is 53.9 Å². The number of hydrogen-bond donors (Lipinski definition) is 1. The van der Waals surface area contributed by atoms with Crippen molar-refractivity contribution in [2.45, 2.75) is 6.42 Å². The van der Waals surface area contributed by atoms with Crippen molar-refractivity contribution in [1.29, 1.82) is 0 Å². The number of thiazole rings is 1. The number of nitrogens with zero attached hydrogens (tertiary/aromatic N) is 3. The lowest BCUT2D eigenvalue weighted by atomic mass is 10.2. The molecule has 2 heterocycles. The molecule has 0 saturated heterocycles. The van der Waals surface area contributed by atoms with Gasteiger partial charge in [-0.25, -0.2) is 8.91 Å². The van der Waals surface area contributed by atoms with Crippen LogP contribution in [0.25, 0.3) is 16.3 Å². The fourth-order valence-corrected chi connectivity index (χ4v) is 3.64. The molecule has 0 atom stereocenters. The Labute approximate surface area is 163 Å². The third kappa shape index (κ3) is 3.84. The zero-order valence-electron chi connectivity index (χ0n) is 14.0. The topological polar surface area (TPSA) is 59.3 Å². The maximum atomic E-state index is 13.4. The number of aromatic nitrogens is 3. The predicted molar refractivity (Wildman–Crippen MR) is 104 cm³/mol. The minimum absolute atomic E-state index is 0.155. The second-order valence-corrected chi connectivity index (χ2v) is 7.15. The molecule has 0 aliphatic heterocycles. The third-order valence-electron chi connectivity index (χ3n) is 4.01. The molecule has 0 aliphatic rings. The van der Waals surface area contributed by atoms with Crippen molar-refractivity contribution >= 4 is 33.8 Å². The smallest absolute Gasteiger partial charge is 0.251 e. The predicted octanol–water partition coefficient (Wildman–Crippen LogP) is 4.22. The van der Waals surface area contributed by atoms with Gasteiger partial charge in [0.05, 0.1) is 5.69 Å². The Morgan fingerprint density at radius 1 is 1.22 bits per heavy atom. The molecule has 8 heteroatoms. The Bertz CT molecular complexity index is 1110. The molecular formula is C19H14ClFN4OS. The van der Waals surface area contributed by atoms with Gasteiger partial charge in [-0.1, -0.05) is 23.7 Å². The van der Waals surface area contributed by atoms with Crippen molar-refractivity contribution in [1.82, 2.24) is 19.9 Å². The summed E-state index contributed by atoms with van der Waals surface area (Å²) in [7, 11) is 0. The first-order chi connectivity index (χ1) is 13.1. The lowest BCUT2D eigenvalue weighted by molar-refractivity contribution is 0.0954. The molecule has 2 aromatic heterocycles. The van der Waals surface area contributed by atoms with Crippen molar-refractivity contribution < 1.29 is 9.18 Å². The Morgan fingerprint density at radius 2 is 2.04 bits per heavy atom. The molecule has 1 N–H and O–H groups in total.